The lowest BCUT2D eigenvalue weighted by Crippen LogP contribution is -2.53. The molecule has 1 fully saturated rings. The minimum absolute atomic E-state index is 0.200. The molecule has 0 radical (unpaired) electrons. The second-order valence-corrected chi connectivity index (χ2v) is 5.09. The number of hydrogen-bond acceptors (Lipinski definition) is 4. The first-order valence-corrected chi connectivity index (χ1v) is 6.44. The van der Waals surface area contributed by atoms with E-state index in [-0.39, 0.29) is 16.8 Å². The summed E-state index contributed by atoms with van der Waals surface area (Å²) in [6.45, 7) is 1.95. The van der Waals surface area contributed by atoms with Crippen molar-refractivity contribution in [2.45, 2.75) is 38.1 Å². The van der Waals surface area contributed by atoms with Gasteiger partial charge in [0.25, 0.3) is 11.6 Å². The van der Waals surface area contributed by atoms with E-state index in [2.05, 4.69) is 5.32 Å². The summed E-state index contributed by atoms with van der Waals surface area (Å²) in [5, 5.41) is 13.7. The standard InChI is InChI=1S/C13H16FN3O3/c1-2-13(4-3-5-13)16-12(18)8-6-10(15)9(14)7-11(8)17(19)20/h6-7H,2-5,15H2,1H3,(H,16,18). The van der Waals surface area contributed by atoms with E-state index >= 15 is 0 Å². The van der Waals surface area contributed by atoms with Gasteiger partial charge in [-0.2, -0.15) is 0 Å². The molecule has 0 aromatic heterocycles. The molecule has 20 heavy (non-hydrogen) atoms. The van der Waals surface area contributed by atoms with Crippen LogP contribution < -0.4 is 11.1 Å². The first-order valence-electron chi connectivity index (χ1n) is 6.44. The molecule has 108 valence electrons. The van der Waals surface area contributed by atoms with Gasteiger partial charge in [0.05, 0.1) is 16.7 Å². The Labute approximate surface area is 115 Å². The number of carbonyl (C=O) groups excluding carboxylic acids is 1. The molecule has 1 aromatic rings. The first kappa shape index (κ1) is 14.2. The third-order valence-electron chi connectivity index (χ3n) is 3.92. The van der Waals surface area contributed by atoms with Crippen molar-refractivity contribution in [1.29, 1.82) is 0 Å². The van der Waals surface area contributed by atoms with E-state index < -0.39 is 22.3 Å². The highest BCUT2D eigenvalue weighted by Crippen LogP contribution is 2.35. The number of halogens is 1. The maximum absolute atomic E-state index is 13.3. The van der Waals surface area contributed by atoms with Crippen LogP contribution in [0.3, 0.4) is 0 Å². The quantitative estimate of drug-likeness (QED) is 0.503. The number of anilines is 1. The average Bonchev–Trinajstić information content (AvgIpc) is 2.36. The zero-order chi connectivity index (χ0) is 14.9. The van der Waals surface area contributed by atoms with E-state index in [1.54, 1.807) is 0 Å². The van der Waals surface area contributed by atoms with E-state index in [9.17, 15) is 19.3 Å². The second-order valence-electron chi connectivity index (χ2n) is 5.09. The highest BCUT2D eigenvalue weighted by molar-refractivity contribution is 5.99. The molecule has 0 saturated heterocycles. The van der Waals surface area contributed by atoms with Crippen molar-refractivity contribution in [2.75, 3.05) is 5.73 Å². The van der Waals surface area contributed by atoms with Crippen LogP contribution in [0.25, 0.3) is 0 Å². The normalized spacial score (nSPS) is 16.3. The molecule has 1 aliphatic carbocycles. The Kier molecular flexibility index (Phi) is 3.61. The first-order chi connectivity index (χ1) is 9.38. The molecule has 6 nitrogen and oxygen atoms in total. The summed E-state index contributed by atoms with van der Waals surface area (Å²) in [5.74, 6) is -1.48. The van der Waals surface area contributed by atoms with Gasteiger partial charge in [0.2, 0.25) is 0 Å². The van der Waals surface area contributed by atoms with Crippen LogP contribution in [-0.4, -0.2) is 16.4 Å². The third-order valence-corrected chi connectivity index (χ3v) is 3.92. The minimum atomic E-state index is -0.901. The summed E-state index contributed by atoms with van der Waals surface area (Å²) >= 11 is 0. The van der Waals surface area contributed by atoms with Crippen molar-refractivity contribution in [3.63, 3.8) is 0 Å². The molecule has 1 aromatic carbocycles. The van der Waals surface area contributed by atoms with Crippen LogP contribution >= 0.6 is 0 Å². The van der Waals surface area contributed by atoms with Crippen molar-refractivity contribution in [2.24, 2.45) is 0 Å². The van der Waals surface area contributed by atoms with Gasteiger partial charge in [-0.3, -0.25) is 14.9 Å². The lowest BCUT2D eigenvalue weighted by atomic mass is 9.74. The number of nitrogen functional groups attached to an aromatic ring is 1. The van der Waals surface area contributed by atoms with Gasteiger partial charge in [-0.25, -0.2) is 4.39 Å². The van der Waals surface area contributed by atoms with Crippen molar-refractivity contribution >= 4 is 17.3 Å². The number of rotatable bonds is 4. The summed E-state index contributed by atoms with van der Waals surface area (Å²) in [6, 6.07) is 1.70. The Morgan fingerprint density at radius 1 is 1.55 bits per heavy atom. The van der Waals surface area contributed by atoms with Crippen LogP contribution in [0.15, 0.2) is 12.1 Å². The molecule has 0 unspecified atom stereocenters. The molecule has 0 bridgehead atoms. The smallest absolute Gasteiger partial charge is 0.285 e. The Hall–Kier alpha value is -2.18. The lowest BCUT2D eigenvalue weighted by Gasteiger charge is -2.41. The monoisotopic (exact) mass is 281 g/mol. The van der Waals surface area contributed by atoms with Crippen LogP contribution in [0.1, 0.15) is 43.0 Å². The molecule has 2 rings (SSSR count). The lowest BCUT2D eigenvalue weighted by molar-refractivity contribution is -0.385. The highest BCUT2D eigenvalue weighted by Gasteiger charge is 2.37. The van der Waals surface area contributed by atoms with Crippen LogP contribution in [0, 0.1) is 15.9 Å². The SMILES string of the molecule is CCC1(NC(=O)c2cc(N)c(F)cc2[N+](=O)[O-])CCC1. The van der Waals surface area contributed by atoms with Gasteiger partial charge >= 0.3 is 0 Å². The molecular weight excluding hydrogens is 265 g/mol. The Morgan fingerprint density at radius 2 is 2.20 bits per heavy atom. The third kappa shape index (κ3) is 2.43. The molecule has 1 saturated carbocycles. The summed E-state index contributed by atoms with van der Waals surface area (Å²) in [6.07, 6.45) is 3.46. The molecule has 1 aliphatic rings. The fraction of sp³-hybridized carbons (Fsp3) is 0.462. The van der Waals surface area contributed by atoms with Gasteiger partial charge in [0.1, 0.15) is 5.56 Å². The second kappa shape index (κ2) is 5.07. The molecule has 7 heteroatoms. The number of hydrogen-bond donors (Lipinski definition) is 2. The van der Waals surface area contributed by atoms with E-state index in [1.807, 2.05) is 6.92 Å². The number of nitrogens with two attached hydrogens (primary N) is 1. The molecule has 0 heterocycles. The van der Waals surface area contributed by atoms with Gasteiger partial charge in [0.15, 0.2) is 5.82 Å². The van der Waals surface area contributed by atoms with E-state index in [1.165, 1.54) is 0 Å². The number of nitrogens with zero attached hydrogens (tertiary/aromatic N) is 1. The summed E-state index contributed by atoms with van der Waals surface area (Å²) in [5.41, 5.74) is 4.05. The minimum Gasteiger partial charge on any atom is -0.396 e. The van der Waals surface area contributed by atoms with Crippen LogP contribution in [0.2, 0.25) is 0 Å². The van der Waals surface area contributed by atoms with E-state index in [0.717, 1.165) is 31.7 Å². The molecule has 0 aliphatic heterocycles. The van der Waals surface area contributed by atoms with Crippen LogP contribution in [0.4, 0.5) is 15.8 Å². The fourth-order valence-electron chi connectivity index (χ4n) is 2.39. The summed E-state index contributed by atoms with van der Waals surface area (Å²) in [7, 11) is 0. The summed E-state index contributed by atoms with van der Waals surface area (Å²) in [4.78, 5) is 22.4. The number of carbonyl (C=O) groups is 1. The maximum Gasteiger partial charge on any atom is 0.285 e. The van der Waals surface area contributed by atoms with Crippen molar-refractivity contribution < 1.29 is 14.1 Å². The van der Waals surface area contributed by atoms with E-state index in [0.29, 0.717) is 6.07 Å². The predicted octanol–water partition coefficient (Wildman–Crippen LogP) is 2.38. The number of benzene rings is 1. The van der Waals surface area contributed by atoms with Crippen LogP contribution in [-0.2, 0) is 0 Å². The molecule has 0 atom stereocenters. The Bertz CT molecular complexity index is 565. The molecular formula is C13H16FN3O3. The highest BCUT2D eigenvalue weighted by atomic mass is 19.1. The molecule has 3 N–H and O–H groups in total. The van der Waals surface area contributed by atoms with Crippen molar-refractivity contribution in [1.82, 2.24) is 5.32 Å². The Morgan fingerprint density at radius 3 is 2.65 bits per heavy atom. The number of nitrogens with one attached hydrogen (secondary N) is 1. The zero-order valence-corrected chi connectivity index (χ0v) is 11.1. The predicted molar refractivity (Wildman–Crippen MR) is 71.8 cm³/mol. The molecule has 0 spiro atoms. The van der Waals surface area contributed by atoms with Crippen molar-refractivity contribution in [3.8, 4) is 0 Å². The number of nitro groups is 1. The largest absolute Gasteiger partial charge is 0.396 e. The average molecular weight is 281 g/mol. The zero-order valence-electron chi connectivity index (χ0n) is 11.1. The van der Waals surface area contributed by atoms with Crippen molar-refractivity contribution in [3.05, 3.63) is 33.6 Å². The summed E-state index contributed by atoms with van der Waals surface area (Å²) < 4.78 is 13.3. The maximum atomic E-state index is 13.3. The van der Waals surface area contributed by atoms with Gasteiger partial charge in [-0.05, 0) is 31.7 Å². The topological polar surface area (TPSA) is 98.3 Å². The number of nitro benzene ring substituents is 1. The van der Waals surface area contributed by atoms with Gasteiger partial charge in [-0.15, -0.1) is 0 Å². The number of amides is 1. The van der Waals surface area contributed by atoms with Crippen LogP contribution in [0.5, 0.6) is 0 Å². The van der Waals surface area contributed by atoms with E-state index in [4.69, 9.17) is 5.73 Å². The Balaban J connectivity index is 2.33. The molecule has 1 amide bonds. The van der Waals surface area contributed by atoms with Gasteiger partial charge in [-0.1, -0.05) is 6.92 Å². The van der Waals surface area contributed by atoms with Gasteiger partial charge < -0.3 is 11.1 Å². The fourth-order valence-corrected chi connectivity index (χ4v) is 2.39. The van der Waals surface area contributed by atoms with Gasteiger partial charge in [0, 0.05) is 5.54 Å².